The summed E-state index contributed by atoms with van der Waals surface area (Å²) in [7, 11) is 0. The van der Waals surface area contributed by atoms with Crippen molar-refractivity contribution in [2.75, 3.05) is 0 Å². The number of carbonyl (C=O) groups is 1. The summed E-state index contributed by atoms with van der Waals surface area (Å²) in [5.74, 6) is -0.799. The van der Waals surface area contributed by atoms with Gasteiger partial charge in [0.1, 0.15) is 0 Å². The van der Waals surface area contributed by atoms with Crippen molar-refractivity contribution in [2.24, 2.45) is 0 Å². The van der Waals surface area contributed by atoms with E-state index in [0.717, 1.165) is 44.6 Å². The van der Waals surface area contributed by atoms with Gasteiger partial charge in [-0.25, -0.2) is 0 Å². The Labute approximate surface area is 135 Å². The van der Waals surface area contributed by atoms with E-state index in [-0.39, 0.29) is 31.0 Å². The van der Waals surface area contributed by atoms with E-state index in [2.05, 4.69) is 6.92 Å². The van der Waals surface area contributed by atoms with Crippen molar-refractivity contribution in [3.63, 3.8) is 0 Å². The van der Waals surface area contributed by atoms with Gasteiger partial charge in [-0.15, -0.1) is 0 Å². The molecule has 0 bridgehead atoms. The Kier molecular flexibility index (Phi) is 9.88. The van der Waals surface area contributed by atoms with Gasteiger partial charge in [0.2, 0.25) is 0 Å². The van der Waals surface area contributed by atoms with Crippen molar-refractivity contribution in [2.45, 2.75) is 83.6 Å². The maximum Gasteiger partial charge on any atom is 0.303 e. The Morgan fingerprint density at radius 1 is 1.19 bits per heavy atom. The molecule has 0 aliphatic rings. The molecule has 0 unspecified atom stereocenters. The molecule has 0 aromatic heterocycles. The molecule has 0 aliphatic heterocycles. The van der Waals surface area contributed by atoms with Crippen LogP contribution in [0.2, 0.25) is 0 Å². The number of carboxylic acids is 1. The molecule has 0 fully saturated rings. The number of rotatable bonds is 14. The van der Waals surface area contributed by atoms with Crippen LogP contribution in [0.4, 0.5) is 0 Å². The van der Waals surface area contributed by atoms with Gasteiger partial charge in [-0.05, 0) is 25.7 Å². The molecule has 0 saturated heterocycles. The summed E-state index contributed by atoms with van der Waals surface area (Å²) < 4.78 is 31.3. The fraction of sp³-hybridized carbons (Fsp3) is 0.722. The lowest BCUT2D eigenvalue weighted by molar-refractivity contribution is -0.137. The lowest BCUT2D eigenvalue weighted by Crippen LogP contribution is -2.01. The quantitative estimate of drug-likeness (QED) is 0.356. The monoisotopic (exact) mass is 300 g/mol. The number of hydrogen-bond acceptors (Lipinski definition) is 2. The van der Waals surface area contributed by atoms with Crippen LogP contribution in [-0.4, -0.2) is 22.3 Å². The molecule has 0 saturated carbocycles. The van der Waals surface area contributed by atoms with Crippen molar-refractivity contribution in [3.8, 4) is 0 Å². The summed E-state index contributed by atoms with van der Waals surface area (Å²) in [5, 5.41) is 18.6. The molecule has 0 radical (unpaired) electrons. The zero-order valence-corrected chi connectivity index (χ0v) is 13.2. The molecule has 21 heavy (non-hydrogen) atoms. The van der Waals surface area contributed by atoms with E-state index in [1.165, 1.54) is 0 Å². The predicted molar refractivity (Wildman–Crippen MR) is 88.4 cm³/mol. The predicted octanol–water partition coefficient (Wildman–Crippen LogP) is 4.86. The van der Waals surface area contributed by atoms with E-state index in [1.54, 1.807) is 0 Å². The topological polar surface area (TPSA) is 57.5 Å². The summed E-state index contributed by atoms with van der Waals surface area (Å²) >= 11 is 0. The minimum atomic E-state index is -2.04. The fourth-order valence-electron chi connectivity index (χ4n) is 1.88. The first-order chi connectivity index (χ1) is 11.7. The molecule has 0 aromatic rings. The number of hydrogen-bond donors (Lipinski definition) is 2. The van der Waals surface area contributed by atoms with Crippen molar-refractivity contribution >= 4 is 5.97 Å². The third kappa shape index (κ3) is 16.9. The smallest absolute Gasteiger partial charge is 0.303 e. The van der Waals surface area contributed by atoms with E-state index in [0.29, 0.717) is 19.3 Å². The van der Waals surface area contributed by atoms with Crippen molar-refractivity contribution in [1.29, 1.82) is 0 Å². The molecule has 0 rings (SSSR count). The average Bonchev–Trinajstić information content (AvgIpc) is 2.53. The van der Waals surface area contributed by atoms with E-state index >= 15 is 0 Å². The lowest BCUT2D eigenvalue weighted by atomic mass is 10.1. The Morgan fingerprint density at radius 3 is 2.62 bits per heavy atom. The zero-order chi connectivity index (χ0) is 19.3. The molecule has 1 atom stereocenters. The maximum absolute atomic E-state index is 10.4. The van der Waals surface area contributed by atoms with Crippen molar-refractivity contribution in [1.82, 2.24) is 0 Å². The minimum absolute atomic E-state index is 0.0950. The third-order valence-electron chi connectivity index (χ3n) is 3.12. The van der Waals surface area contributed by atoms with Crippen LogP contribution < -0.4 is 0 Å². The van der Waals surface area contributed by atoms with Crippen LogP contribution in [0.5, 0.6) is 0 Å². The highest BCUT2D eigenvalue weighted by Crippen LogP contribution is 2.09. The molecule has 0 spiro atoms. The standard InChI is InChI=1S/C18H32O3/c1-2-3-4-5-6-8-11-14-17(19)15-12-9-7-10-13-16-18(20)21/h6,8,11,14,17,19H,2-5,7,9-10,12-13,15-16H2,1H3,(H,20,21)/b8-6-,14-11+/t17-/m1/s1/i6D,8D,14D,17D. The first-order valence-corrected chi connectivity index (χ1v) is 8.00. The second-order valence-corrected chi connectivity index (χ2v) is 5.18. The first kappa shape index (κ1) is 13.6. The van der Waals surface area contributed by atoms with Gasteiger partial charge in [0.05, 0.1) is 11.6 Å². The summed E-state index contributed by atoms with van der Waals surface area (Å²) in [6.07, 6.45) is 6.21. The van der Waals surface area contributed by atoms with Gasteiger partial charge in [0.15, 0.2) is 0 Å². The molecular weight excluding hydrogens is 264 g/mol. The van der Waals surface area contributed by atoms with Crippen molar-refractivity contribution in [3.05, 3.63) is 24.2 Å². The third-order valence-corrected chi connectivity index (χ3v) is 3.12. The Bertz CT molecular complexity index is 459. The van der Waals surface area contributed by atoms with Gasteiger partial charge in [0.25, 0.3) is 0 Å². The highest BCUT2D eigenvalue weighted by atomic mass is 16.4. The largest absolute Gasteiger partial charge is 0.481 e. The normalized spacial score (nSPS) is 18.9. The highest BCUT2D eigenvalue weighted by molar-refractivity contribution is 5.66. The molecule has 3 heteroatoms. The van der Waals surface area contributed by atoms with Crippen LogP contribution >= 0.6 is 0 Å². The second kappa shape index (κ2) is 15.3. The van der Waals surface area contributed by atoms with Crippen LogP contribution in [-0.2, 0) is 4.79 Å². The van der Waals surface area contributed by atoms with Crippen molar-refractivity contribution < 1.29 is 20.5 Å². The number of aliphatic hydroxyl groups is 1. The SMILES string of the molecule is [2H]C(/C=C(\[2H])[C@@]([2H])(O)CCCCCCCC(=O)O)=C(\[2H])CCCCC. The Morgan fingerprint density at radius 2 is 1.90 bits per heavy atom. The Balaban J connectivity index is 4.30. The zero-order valence-electron chi connectivity index (χ0n) is 17.2. The molecule has 3 nitrogen and oxygen atoms in total. The van der Waals surface area contributed by atoms with Crippen LogP contribution in [0.25, 0.3) is 0 Å². The van der Waals surface area contributed by atoms with Crippen LogP contribution in [0.3, 0.4) is 0 Å². The van der Waals surface area contributed by atoms with E-state index in [4.69, 9.17) is 10.6 Å². The molecule has 122 valence electrons. The van der Waals surface area contributed by atoms with Crippen LogP contribution in [0, 0.1) is 0 Å². The fourth-order valence-corrected chi connectivity index (χ4v) is 1.88. The van der Waals surface area contributed by atoms with Gasteiger partial charge in [-0.1, -0.05) is 69.7 Å². The molecular formula is C18H32O3. The summed E-state index contributed by atoms with van der Waals surface area (Å²) in [6.45, 7) is 2.06. The average molecular weight is 300 g/mol. The minimum Gasteiger partial charge on any atom is -0.481 e. The highest BCUT2D eigenvalue weighted by Gasteiger charge is 1.99. The van der Waals surface area contributed by atoms with Gasteiger partial charge in [-0.2, -0.15) is 0 Å². The second-order valence-electron chi connectivity index (χ2n) is 5.18. The maximum atomic E-state index is 10.4. The van der Waals surface area contributed by atoms with E-state index in [1.807, 2.05) is 0 Å². The van der Waals surface area contributed by atoms with Gasteiger partial charge >= 0.3 is 5.97 Å². The summed E-state index contributed by atoms with van der Waals surface area (Å²) in [4.78, 5) is 10.4. The summed E-state index contributed by atoms with van der Waals surface area (Å²) in [6, 6.07) is -0.337. The van der Waals surface area contributed by atoms with E-state index in [9.17, 15) is 9.90 Å². The number of aliphatic carboxylic acids is 1. The molecule has 0 aliphatic carbocycles. The van der Waals surface area contributed by atoms with Gasteiger partial charge in [-0.3, -0.25) is 4.79 Å². The Hall–Kier alpha value is -1.09. The van der Waals surface area contributed by atoms with Crippen LogP contribution in [0.1, 0.15) is 83.0 Å². The van der Waals surface area contributed by atoms with E-state index < -0.39 is 12.0 Å². The molecule has 2 N–H and O–H groups in total. The molecule has 0 heterocycles. The summed E-state index contributed by atoms with van der Waals surface area (Å²) in [5.41, 5.74) is 0. The first-order valence-electron chi connectivity index (χ1n) is 10.00. The van der Waals surface area contributed by atoms with Gasteiger partial charge in [0, 0.05) is 6.42 Å². The number of carboxylic acid groups (broad SMARTS) is 1. The number of unbranched alkanes of at least 4 members (excludes halogenated alkanes) is 6. The lowest BCUT2D eigenvalue weighted by Gasteiger charge is -2.04. The molecule has 0 aromatic carbocycles. The van der Waals surface area contributed by atoms with Crippen LogP contribution in [0.15, 0.2) is 24.2 Å². The van der Waals surface area contributed by atoms with Gasteiger partial charge < -0.3 is 10.2 Å². The number of allylic oxidation sites excluding steroid dienone is 3. The molecule has 0 amide bonds.